The number of nitrogens with one attached hydrogen (secondary N) is 1. The Hall–Kier alpha value is -1.57. The van der Waals surface area contributed by atoms with Gasteiger partial charge in [-0.2, -0.15) is 0 Å². The van der Waals surface area contributed by atoms with E-state index in [2.05, 4.69) is 4.98 Å². The summed E-state index contributed by atoms with van der Waals surface area (Å²) in [5, 5.41) is 0.988. The Bertz CT molecular complexity index is 390. The standard InChI is InChI=1S/C9H7NO.C2H6/c11-6-7-5-10-9-4-2-1-3-8(7)9;1-2/h1-6,10H;1-2H3. The fraction of sp³-hybridized carbons (Fsp3) is 0.182. The van der Waals surface area contributed by atoms with Crippen LogP contribution in [0.4, 0.5) is 0 Å². The van der Waals surface area contributed by atoms with Crippen LogP contribution in [0.15, 0.2) is 30.5 Å². The highest BCUT2D eigenvalue weighted by Gasteiger charge is 1.98. The molecule has 1 aromatic carbocycles. The number of aromatic nitrogens is 1. The van der Waals surface area contributed by atoms with E-state index in [1.807, 2.05) is 38.1 Å². The number of hydrogen-bond acceptors (Lipinski definition) is 1. The highest BCUT2D eigenvalue weighted by Crippen LogP contribution is 2.14. The molecule has 0 aliphatic heterocycles. The third kappa shape index (κ3) is 1.78. The van der Waals surface area contributed by atoms with Crippen molar-refractivity contribution in [3.63, 3.8) is 0 Å². The van der Waals surface area contributed by atoms with E-state index in [4.69, 9.17) is 0 Å². The summed E-state index contributed by atoms with van der Waals surface area (Å²) in [6.45, 7) is 4.00. The average molecular weight is 175 g/mol. The van der Waals surface area contributed by atoms with Gasteiger partial charge in [0, 0.05) is 22.7 Å². The summed E-state index contributed by atoms with van der Waals surface area (Å²) in [7, 11) is 0. The summed E-state index contributed by atoms with van der Waals surface area (Å²) >= 11 is 0. The summed E-state index contributed by atoms with van der Waals surface area (Å²) in [6, 6.07) is 7.73. The van der Waals surface area contributed by atoms with Crippen LogP contribution in [0.5, 0.6) is 0 Å². The van der Waals surface area contributed by atoms with E-state index >= 15 is 0 Å². The molecular formula is C11H13NO. The van der Waals surface area contributed by atoms with Gasteiger partial charge in [0.2, 0.25) is 0 Å². The number of carbonyl (C=O) groups is 1. The van der Waals surface area contributed by atoms with Crippen molar-refractivity contribution in [3.05, 3.63) is 36.0 Å². The van der Waals surface area contributed by atoms with Gasteiger partial charge >= 0.3 is 0 Å². The zero-order chi connectivity index (χ0) is 9.68. The fourth-order valence-electron chi connectivity index (χ4n) is 1.19. The monoisotopic (exact) mass is 175 g/mol. The second-order valence-corrected chi connectivity index (χ2v) is 2.41. The molecule has 0 spiro atoms. The largest absolute Gasteiger partial charge is 0.360 e. The van der Waals surface area contributed by atoms with Crippen molar-refractivity contribution in [1.82, 2.24) is 4.98 Å². The topological polar surface area (TPSA) is 32.9 Å². The molecule has 0 saturated heterocycles. The van der Waals surface area contributed by atoms with Gasteiger partial charge in [-0.1, -0.05) is 32.0 Å². The molecule has 0 aliphatic rings. The maximum Gasteiger partial charge on any atom is 0.152 e. The molecule has 2 nitrogen and oxygen atoms in total. The highest BCUT2D eigenvalue weighted by molar-refractivity contribution is 5.96. The van der Waals surface area contributed by atoms with Gasteiger partial charge in [0.25, 0.3) is 0 Å². The van der Waals surface area contributed by atoms with E-state index in [0.717, 1.165) is 22.8 Å². The van der Waals surface area contributed by atoms with E-state index < -0.39 is 0 Å². The Kier molecular flexibility index (Phi) is 3.26. The molecule has 0 amide bonds. The molecule has 0 saturated carbocycles. The van der Waals surface area contributed by atoms with Gasteiger partial charge in [0.1, 0.15) is 0 Å². The predicted octanol–water partition coefficient (Wildman–Crippen LogP) is 3.01. The number of para-hydroxylation sites is 1. The summed E-state index contributed by atoms with van der Waals surface area (Å²) in [5.74, 6) is 0. The SMILES string of the molecule is CC.O=Cc1c[nH]c2ccccc12. The van der Waals surface area contributed by atoms with Crippen LogP contribution >= 0.6 is 0 Å². The third-order valence-electron chi connectivity index (χ3n) is 1.75. The summed E-state index contributed by atoms with van der Waals surface area (Å²) in [5.41, 5.74) is 1.73. The lowest BCUT2D eigenvalue weighted by Gasteiger charge is -1.86. The first kappa shape index (κ1) is 9.52. The zero-order valence-corrected chi connectivity index (χ0v) is 7.87. The molecule has 0 radical (unpaired) electrons. The van der Waals surface area contributed by atoms with Gasteiger partial charge in [-0.05, 0) is 6.07 Å². The molecule has 13 heavy (non-hydrogen) atoms. The molecule has 1 heterocycles. The molecule has 2 heteroatoms. The summed E-state index contributed by atoms with van der Waals surface area (Å²) in [4.78, 5) is 13.5. The Morgan fingerprint density at radius 2 is 1.92 bits per heavy atom. The molecule has 0 atom stereocenters. The first-order chi connectivity index (χ1) is 6.42. The smallest absolute Gasteiger partial charge is 0.152 e. The minimum absolute atomic E-state index is 0.723. The maximum atomic E-state index is 10.5. The van der Waals surface area contributed by atoms with Crippen LogP contribution in [-0.4, -0.2) is 11.3 Å². The summed E-state index contributed by atoms with van der Waals surface area (Å²) in [6.07, 6.45) is 2.58. The van der Waals surface area contributed by atoms with E-state index in [-0.39, 0.29) is 0 Å². The Labute approximate surface area is 77.6 Å². The number of fused-ring (bicyclic) bond motifs is 1. The van der Waals surface area contributed by atoms with Crippen molar-refractivity contribution in [1.29, 1.82) is 0 Å². The Balaban J connectivity index is 0.000000396. The van der Waals surface area contributed by atoms with Crippen LogP contribution in [-0.2, 0) is 0 Å². The van der Waals surface area contributed by atoms with Gasteiger partial charge < -0.3 is 4.98 Å². The normalized spacial score (nSPS) is 9.08. The minimum atomic E-state index is 0.723. The number of carbonyl (C=O) groups excluding carboxylic acids is 1. The quantitative estimate of drug-likeness (QED) is 0.664. The van der Waals surface area contributed by atoms with Crippen LogP contribution in [0.1, 0.15) is 24.2 Å². The first-order valence-corrected chi connectivity index (χ1v) is 4.43. The van der Waals surface area contributed by atoms with Crippen LogP contribution in [0, 0.1) is 0 Å². The average Bonchev–Trinajstić information content (AvgIpc) is 2.64. The number of hydrogen-bond donors (Lipinski definition) is 1. The lowest BCUT2D eigenvalue weighted by Crippen LogP contribution is -1.72. The molecule has 1 aromatic heterocycles. The predicted molar refractivity (Wildman–Crippen MR) is 55.0 cm³/mol. The van der Waals surface area contributed by atoms with Gasteiger partial charge in [-0.25, -0.2) is 0 Å². The van der Waals surface area contributed by atoms with Crippen LogP contribution in [0.3, 0.4) is 0 Å². The first-order valence-electron chi connectivity index (χ1n) is 4.43. The van der Waals surface area contributed by atoms with Crippen molar-refractivity contribution >= 4 is 17.2 Å². The lowest BCUT2D eigenvalue weighted by molar-refractivity contribution is 0.112. The van der Waals surface area contributed by atoms with Gasteiger partial charge in [-0.3, -0.25) is 4.79 Å². The molecule has 2 aromatic rings. The molecular weight excluding hydrogens is 162 g/mol. The van der Waals surface area contributed by atoms with E-state index in [1.165, 1.54) is 0 Å². The van der Waals surface area contributed by atoms with E-state index in [9.17, 15) is 4.79 Å². The highest BCUT2D eigenvalue weighted by atomic mass is 16.1. The number of benzene rings is 1. The Morgan fingerprint density at radius 3 is 2.62 bits per heavy atom. The molecule has 2 rings (SSSR count). The summed E-state index contributed by atoms with van der Waals surface area (Å²) < 4.78 is 0. The van der Waals surface area contributed by atoms with Crippen LogP contribution in [0.2, 0.25) is 0 Å². The van der Waals surface area contributed by atoms with Gasteiger partial charge in [0.15, 0.2) is 6.29 Å². The van der Waals surface area contributed by atoms with Crippen LogP contribution in [0.25, 0.3) is 10.9 Å². The fourth-order valence-corrected chi connectivity index (χ4v) is 1.19. The molecule has 0 unspecified atom stereocenters. The van der Waals surface area contributed by atoms with Gasteiger partial charge in [0.05, 0.1) is 0 Å². The number of H-pyrrole nitrogens is 1. The molecule has 0 aliphatic carbocycles. The second kappa shape index (κ2) is 4.45. The van der Waals surface area contributed by atoms with Crippen molar-refractivity contribution in [2.45, 2.75) is 13.8 Å². The maximum absolute atomic E-state index is 10.5. The lowest BCUT2D eigenvalue weighted by atomic mass is 10.2. The zero-order valence-electron chi connectivity index (χ0n) is 7.87. The van der Waals surface area contributed by atoms with Crippen LogP contribution < -0.4 is 0 Å². The second-order valence-electron chi connectivity index (χ2n) is 2.41. The number of rotatable bonds is 1. The molecule has 0 bridgehead atoms. The number of aromatic amines is 1. The van der Waals surface area contributed by atoms with E-state index in [1.54, 1.807) is 6.20 Å². The molecule has 68 valence electrons. The Morgan fingerprint density at radius 1 is 1.23 bits per heavy atom. The van der Waals surface area contributed by atoms with Crippen molar-refractivity contribution in [2.24, 2.45) is 0 Å². The minimum Gasteiger partial charge on any atom is -0.360 e. The third-order valence-corrected chi connectivity index (χ3v) is 1.75. The van der Waals surface area contributed by atoms with Crippen molar-refractivity contribution < 1.29 is 4.79 Å². The molecule has 1 N–H and O–H groups in total. The van der Waals surface area contributed by atoms with Gasteiger partial charge in [-0.15, -0.1) is 0 Å². The molecule has 0 fully saturated rings. The van der Waals surface area contributed by atoms with Crippen molar-refractivity contribution in [3.8, 4) is 0 Å². The van der Waals surface area contributed by atoms with Crippen molar-refractivity contribution in [2.75, 3.05) is 0 Å². The number of aldehydes is 1. The van der Waals surface area contributed by atoms with E-state index in [0.29, 0.717) is 0 Å².